The van der Waals surface area contributed by atoms with Gasteiger partial charge in [-0.1, -0.05) is 41.1 Å². The Hall–Kier alpha value is -3.68. The Kier molecular flexibility index (Phi) is 5.58. The first kappa shape index (κ1) is 21.2. The van der Waals surface area contributed by atoms with E-state index in [-0.39, 0.29) is 5.56 Å². The molecular weight excluding hydrogens is 460 g/mol. The third kappa shape index (κ3) is 4.08. The van der Waals surface area contributed by atoms with Crippen LogP contribution in [0.4, 0.5) is 0 Å². The van der Waals surface area contributed by atoms with E-state index in [0.29, 0.717) is 38.2 Å². The van der Waals surface area contributed by atoms with Crippen molar-refractivity contribution in [3.63, 3.8) is 0 Å². The van der Waals surface area contributed by atoms with Crippen molar-refractivity contribution in [1.29, 1.82) is 0 Å². The summed E-state index contributed by atoms with van der Waals surface area (Å²) in [5.74, 6) is 0.189. The number of para-hydroxylation sites is 2. The summed E-state index contributed by atoms with van der Waals surface area (Å²) < 4.78 is 13.4. The lowest BCUT2D eigenvalue weighted by Crippen LogP contribution is -2.22. The first-order valence-electron chi connectivity index (χ1n) is 10.2. The summed E-state index contributed by atoms with van der Waals surface area (Å²) in [6, 6.07) is 19.2. The highest BCUT2D eigenvalue weighted by molar-refractivity contribution is 7.15. The van der Waals surface area contributed by atoms with E-state index in [9.17, 15) is 9.59 Å². The number of ether oxygens (including phenoxy) is 2. The van der Waals surface area contributed by atoms with Gasteiger partial charge in [0.25, 0.3) is 5.56 Å². The van der Waals surface area contributed by atoms with E-state index in [2.05, 4.69) is 4.98 Å². The molecular formula is C25H17ClN2O4S. The van der Waals surface area contributed by atoms with Crippen LogP contribution in [0, 0.1) is 0 Å². The maximum atomic E-state index is 13.0. The predicted molar refractivity (Wildman–Crippen MR) is 130 cm³/mol. The summed E-state index contributed by atoms with van der Waals surface area (Å²) in [6.07, 6.45) is 1.78. The zero-order valence-corrected chi connectivity index (χ0v) is 19.0. The number of thiazole rings is 1. The first-order chi connectivity index (χ1) is 16.0. The molecule has 0 bridgehead atoms. The molecule has 33 heavy (non-hydrogen) atoms. The summed E-state index contributed by atoms with van der Waals surface area (Å²) in [4.78, 5) is 30.7. The Labute approximate surface area is 197 Å². The van der Waals surface area contributed by atoms with Gasteiger partial charge in [-0.2, -0.15) is 0 Å². The summed E-state index contributed by atoms with van der Waals surface area (Å²) in [5, 5.41) is 0.535. The molecule has 0 fully saturated rings. The van der Waals surface area contributed by atoms with Crippen molar-refractivity contribution >= 4 is 51.0 Å². The minimum Gasteiger partial charge on any atom is -0.490 e. The topological polar surface area (TPSA) is 69.9 Å². The van der Waals surface area contributed by atoms with Crippen LogP contribution in [0.25, 0.3) is 22.1 Å². The van der Waals surface area contributed by atoms with E-state index in [1.54, 1.807) is 52.9 Å². The van der Waals surface area contributed by atoms with Gasteiger partial charge in [0.1, 0.15) is 0 Å². The number of imidazole rings is 1. The molecule has 8 heteroatoms. The highest BCUT2D eigenvalue weighted by atomic mass is 35.5. The van der Waals surface area contributed by atoms with Crippen LogP contribution in [0.15, 0.2) is 71.5 Å². The zero-order valence-electron chi connectivity index (χ0n) is 17.4. The van der Waals surface area contributed by atoms with Crippen molar-refractivity contribution in [3.05, 3.63) is 97.8 Å². The summed E-state index contributed by atoms with van der Waals surface area (Å²) in [5.41, 5.74) is 2.57. The third-order valence-corrected chi connectivity index (χ3v) is 6.21. The molecule has 0 aliphatic rings. The van der Waals surface area contributed by atoms with Crippen molar-refractivity contribution in [2.24, 2.45) is 0 Å². The largest absolute Gasteiger partial charge is 0.490 e. The van der Waals surface area contributed by atoms with Crippen molar-refractivity contribution in [3.8, 4) is 11.5 Å². The second-order valence-corrected chi connectivity index (χ2v) is 8.62. The SMILES string of the molecule is CCOc1cc(/C=c2\sc3nc4ccccc4n3c2=O)ccc1OC(=O)c1ccc(Cl)cc1. The highest BCUT2D eigenvalue weighted by Crippen LogP contribution is 2.30. The number of hydrogen-bond donors (Lipinski definition) is 0. The number of nitrogens with zero attached hydrogens (tertiary/aromatic N) is 2. The number of hydrogen-bond acceptors (Lipinski definition) is 6. The Morgan fingerprint density at radius 1 is 1.09 bits per heavy atom. The maximum Gasteiger partial charge on any atom is 0.343 e. The maximum absolute atomic E-state index is 13.0. The van der Waals surface area contributed by atoms with E-state index in [4.69, 9.17) is 21.1 Å². The molecule has 2 heterocycles. The molecule has 0 radical (unpaired) electrons. The standard InChI is InChI=1S/C25H17ClN2O4S/c1-2-31-21-13-15(7-12-20(21)32-24(30)16-8-10-17(26)11-9-16)14-22-23(29)28-19-6-4-3-5-18(19)27-25(28)33-22/h3-14H,2H2,1H3/b22-14-. The molecule has 5 aromatic rings. The molecule has 0 spiro atoms. The van der Waals surface area contributed by atoms with Crippen LogP contribution in [0.1, 0.15) is 22.8 Å². The molecule has 0 atom stereocenters. The second-order valence-electron chi connectivity index (χ2n) is 7.17. The van der Waals surface area contributed by atoms with Crippen LogP contribution in [0.2, 0.25) is 5.02 Å². The number of halogens is 1. The average Bonchev–Trinajstić information content (AvgIpc) is 3.32. The van der Waals surface area contributed by atoms with Crippen molar-refractivity contribution < 1.29 is 14.3 Å². The van der Waals surface area contributed by atoms with Gasteiger partial charge in [-0.05, 0) is 67.1 Å². The number of carbonyl (C=O) groups excluding carboxylic acids is 1. The van der Waals surface area contributed by atoms with Gasteiger partial charge in [-0.15, -0.1) is 0 Å². The van der Waals surface area contributed by atoms with E-state index < -0.39 is 5.97 Å². The molecule has 0 saturated carbocycles. The lowest BCUT2D eigenvalue weighted by Gasteiger charge is -2.11. The number of aromatic nitrogens is 2. The van der Waals surface area contributed by atoms with Gasteiger partial charge >= 0.3 is 5.97 Å². The summed E-state index contributed by atoms with van der Waals surface area (Å²) >= 11 is 7.21. The molecule has 0 unspecified atom stereocenters. The minimum absolute atomic E-state index is 0.125. The van der Waals surface area contributed by atoms with Gasteiger partial charge in [0, 0.05) is 5.02 Å². The van der Waals surface area contributed by atoms with Crippen LogP contribution in [-0.2, 0) is 0 Å². The Morgan fingerprint density at radius 2 is 1.88 bits per heavy atom. The van der Waals surface area contributed by atoms with Gasteiger partial charge in [-0.3, -0.25) is 4.79 Å². The van der Waals surface area contributed by atoms with E-state index in [1.165, 1.54) is 11.3 Å². The molecule has 0 aliphatic carbocycles. The van der Waals surface area contributed by atoms with Gasteiger partial charge in [0.05, 0.1) is 27.7 Å². The number of esters is 1. The summed E-state index contributed by atoms with van der Waals surface area (Å²) in [6.45, 7) is 2.23. The van der Waals surface area contributed by atoms with Gasteiger partial charge in [-0.25, -0.2) is 14.2 Å². The van der Waals surface area contributed by atoms with E-state index in [0.717, 1.165) is 16.6 Å². The predicted octanol–water partition coefficient (Wildman–Crippen LogP) is 4.73. The molecule has 5 rings (SSSR count). The number of carbonyl (C=O) groups is 1. The van der Waals surface area contributed by atoms with Crippen LogP contribution < -0.4 is 19.6 Å². The van der Waals surface area contributed by atoms with E-state index in [1.807, 2.05) is 31.2 Å². The average molecular weight is 477 g/mol. The molecule has 0 saturated heterocycles. The first-order valence-corrected chi connectivity index (χ1v) is 11.4. The number of fused-ring (bicyclic) bond motifs is 3. The molecule has 3 aromatic carbocycles. The quantitative estimate of drug-likeness (QED) is 0.271. The molecule has 0 amide bonds. The molecule has 164 valence electrons. The fourth-order valence-corrected chi connectivity index (χ4v) is 4.59. The van der Waals surface area contributed by atoms with Crippen LogP contribution in [0.3, 0.4) is 0 Å². The second kappa shape index (κ2) is 8.69. The molecule has 2 aromatic heterocycles. The molecule has 0 aliphatic heterocycles. The lowest BCUT2D eigenvalue weighted by molar-refractivity contribution is 0.0728. The zero-order chi connectivity index (χ0) is 22.9. The highest BCUT2D eigenvalue weighted by Gasteiger charge is 2.14. The third-order valence-electron chi connectivity index (χ3n) is 4.99. The fraction of sp³-hybridized carbons (Fsp3) is 0.0800. The van der Waals surface area contributed by atoms with Crippen molar-refractivity contribution in [2.75, 3.05) is 6.61 Å². The van der Waals surface area contributed by atoms with Crippen molar-refractivity contribution in [2.45, 2.75) is 6.92 Å². The van der Waals surface area contributed by atoms with Gasteiger partial charge in [0.2, 0.25) is 0 Å². The smallest absolute Gasteiger partial charge is 0.343 e. The monoisotopic (exact) mass is 476 g/mol. The normalized spacial score (nSPS) is 11.9. The van der Waals surface area contributed by atoms with Crippen LogP contribution in [-0.4, -0.2) is 22.0 Å². The minimum atomic E-state index is -0.516. The number of rotatable bonds is 5. The molecule has 6 nitrogen and oxygen atoms in total. The summed E-state index contributed by atoms with van der Waals surface area (Å²) in [7, 11) is 0. The Morgan fingerprint density at radius 3 is 2.67 bits per heavy atom. The lowest BCUT2D eigenvalue weighted by atomic mass is 10.2. The Bertz CT molecular complexity index is 1610. The van der Waals surface area contributed by atoms with Gasteiger partial charge < -0.3 is 9.47 Å². The van der Waals surface area contributed by atoms with Crippen LogP contribution >= 0.6 is 22.9 Å². The van der Waals surface area contributed by atoms with Crippen molar-refractivity contribution in [1.82, 2.24) is 9.38 Å². The van der Waals surface area contributed by atoms with Gasteiger partial charge in [0.15, 0.2) is 16.5 Å². The fourth-order valence-electron chi connectivity index (χ4n) is 3.48. The molecule has 0 N–H and O–H groups in total. The van der Waals surface area contributed by atoms with E-state index >= 15 is 0 Å². The Balaban J connectivity index is 1.50. The van der Waals surface area contributed by atoms with Crippen LogP contribution in [0.5, 0.6) is 11.5 Å². The number of benzene rings is 3.